The number of Topliss-reactive ketones (excluding diaryl/α,β-unsaturated/α-hetero) is 1. The molecule has 1 atom stereocenters. The second-order valence-corrected chi connectivity index (χ2v) is 6.64. The topological polar surface area (TPSA) is 55.4 Å². The number of nitrogens with one attached hydrogen (secondary N) is 1. The quantitative estimate of drug-likeness (QED) is 0.806. The van der Waals surface area contributed by atoms with E-state index in [1.54, 1.807) is 6.07 Å². The molecule has 1 saturated carbocycles. The van der Waals surface area contributed by atoms with Gasteiger partial charge in [-0.3, -0.25) is 9.59 Å². The van der Waals surface area contributed by atoms with Crippen molar-refractivity contribution in [2.75, 3.05) is 6.54 Å². The van der Waals surface area contributed by atoms with Gasteiger partial charge in [-0.05, 0) is 38.3 Å². The number of benzene rings is 1. The Balaban J connectivity index is 2.14. The molecule has 0 aromatic heterocycles. The normalized spacial score (nSPS) is 21.5. The van der Waals surface area contributed by atoms with E-state index in [9.17, 15) is 9.59 Å². The lowest BCUT2D eigenvalue weighted by molar-refractivity contribution is -0.147. The Labute approximate surface area is 142 Å². The summed E-state index contributed by atoms with van der Waals surface area (Å²) >= 11 is 6.34. The van der Waals surface area contributed by atoms with Gasteiger partial charge in [0.05, 0.1) is 12.5 Å². The van der Waals surface area contributed by atoms with Crippen molar-refractivity contribution in [2.24, 2.45) is 0 Å². The summed E-state index contributed by atoms with van der Waals surface area (Å²) in [7, 11) is 0. The molecule has 126 valence electrons. The van der Waals surface area contributed by atoms with Gasteiger partial charge < -0.3 is 10.1 Å². The van der Waals surface area contributed by atoms with Crippen molar-refractivity contribution in [3.63, 3.8) is 0 Å². The summed E-state index contributed by atoms with van der Waals surface area (Å²) in [6.45, 7) is 4.03. The molecule has 0 unspecified atom stereocenters. The highest BCUT2D eigenvalue weighted by atomic mass is 35.5. The zero-order valence-corrected chi connectivity index (χ0v) is 14.5. The van der Waals surface area contributed by atoms with Crippen LogP contribution in [0.4, 0.5) is 0 Å². The Morgan fingerprint density at radius 1 is 1.35 bits per heavy atom. The number of hydrogen-bond donors (Lipinski definition) is 1. The van der Waals surface area contributed by atoms with E-state index >= 15 is 0 Å². The van der Waals surface area contributed by atoms with E-state index in [4.69, 9.17) is 16.3 Å². The van der Waals surface area contributed by atoms with Crippen molar-refractivity contribution in [1.29, 1.82) is 0 Å². The van der Waals surface area contributed by atoms with Crippen LogP contribution >= 0.6 is 11.6 Å². The van der Waals surface area contributed by atoms with Gasteiger partial charge in [0.2, 0.25) is 0 Å². The van der Waals surface area contributed by atoms with Gasteiger partial charge in [0.1, 0.15) is 5.54 Å². The number of carbonyl (C=O) groups is 2. The fourth-order valence-electron chi connectivity index (χ4n) is 3.10. The number of ketones is 1. The standard InChI is InChI=1S/C18H24ClNO3/c1-13(2)23-17(22)10-12-20-18(11-6-5-9-16(18)21)14-7-3-4-8-15(14)19/h3-4,7-8,13,20H,5-6,9-12H2,1-2H3/t18-/m1/s1. The van der Waals surface area contributed by atoms with Crippen LogP contribution in [0.3, 0.4) is 0 Å². The van der Waals surface area contributed by atoms with Crippen molar-refractivity contribution < 1.29 is 14.3 Å². The molecule has 0 bridgehead atoms. The molecular formula is C18H24ClNO3. The number of halogens is 1. The summed E-state index contributed by atoms with van der Waals surface area (Å²) in [6.07, 6.45) is 3.21. The first-order chi connectivity index (χ1) is 11.0. The van der Waals surface area contributed by atoms with Crippen molar-refractivity contribution in [2.45, 2.75) is 57.6 Å². The highest BCUT2D eigenvalue weighted by Crippen LogP contribution is 2.37. The van der Waals surface area contributed by atoms with Crippen LogP contribution in [0.15, 0.2) is 24.3 Å². The maximum atomic E-state index is 12.7. The van der Waals surface area contributed by atoms with Crippen molar-refractivity contribution in [1.82, 2.24) is 5.32 Å². The minimum atomic E-state index is -0.783. The molecule has 0 heterocycles. The van der Waals surface area contributed by atoms with Gasteiger partial charge in [0, 0.05) is 18.0 Å². The van der Waals surface area contributed by atoms with Crippen molar-refractivity contribution in [3.05, 3.63) is 34.9 Å². The first-order valence-electron chi connectivity index (χ1n) is 8.18. The van der Waals surface area contributed by atoms with E-state index in [0.717, 1.165) is 18.4 Å². The molecule has 0 saturated heterocycles. The summed E-state index contributed by atoms with van der Waals surface area (Å²) < 4.78 is 5.14. The third-order valence-corrected chi connectivity index (χ3v) is 4.47. The molecule has 1 N–H and O–H groups in total. The zero-order valence-electron chi connectivity index (χ0n) is 13.7. The maximum Gasteiger partial charge on any atom is 0.307 e. The first-order valence-corrected chi connectivity index (χ1v) is 8.56. The summed E-state index contributed by atoms with van der Waals surface area (Å²) in [5.41, 5.74) is 0.0259. The molecule has 4 nitrogen and oxygen atoms in total. The Bertz CT molecular complexity index is 573. The van der Waals surface area contributed by atoms with Gasteiger partial charge in [0.25, 0.3) is 0 Å². The molecule has 1 aliphatic carbocycles. The average Bonchev–Trinajstić information content (AvgIpc) is 2.49. The van der Waals surface area contributed by atoms with Crippen molar-refractivity contribution >= 4 is 23.4 Å². The Kier molecular flexibility index (Phi) is 6.19. The molecule has 1 aromatic carbocycles. The van der Waals surface area contributed by atoms with E-state index in [-0.39, 0.29) is 24.3 Å². The number of carbonyl (C=O) groups excluding carboxylic acids is 2. The lowest BCUT2D eigenvalue weighted by Crippen LogP contribution is -2.51. The number of rotatable bonds is 6. The molecule has 2 rings (SSSR count). The predicted octanol–water partition coefficient (Wildman–Crippen LogP) is 3.61. The SMILES string of the molecule is CC(C)OC(=O)CCN[C@@]1(c2ccccc2Cl)CCCCC1=O. The third-order valence-electron chi connectivity index (χ3n) is 4.14. The third kappa shape index (κ3) is 4.33. The first kappa shape index (κ1) is 18.0. The van der Waals surface area contributed by atoms with Gasteiger partial charge in [-0.15, -0.1) is 0 Å². The highest BCUT2D eigenvalue weighted by molar-refractivity contribution is 6.31. The highest BCUT2D eigenvalue weighted by Gasteiger charge is 2.42. The van der Waals surface area contributed by atoms with Gasteiger partial charge in [-0.25, -0.2) is 0 Å². The molecule has 0 radical (unpaired) electrons. The largest absolute Gasteiger partial charge is 0.463 e. The fourth-order valence-corrected chi connectivity index (χ4v) is 3.40. The minimum Gasteiger partial charge on any atom is -0.463 e. The van der Waals surface area contributed by atoms with E-state index in [0.29, 0.717) is 24.4 Å². The lowest BCUT2D eigenvalue weighted by Gasteiger charge is -2.37. The summed E-state index contributed by atoms with van der Waals surface area (Å²) in [6, 6.07) is 7.44. The van der Waals surface area contributed by atoms with Crippen LogP contribution in [0.1, 0.15) is 51.5 Å². The zero-order chi connectivity index (χ0) is 16.9. The molecule has 0 spiro atoms. The minimum absolute atomic E-state index is 0.128. The van der Waals surface area contributed by atoms with Crippen LogP contribution in [0, 0.1) is 0 Å². The monoisotopic (exact) mass is 337 g/mol. The number of esters is 1. The lowest BCUT2D eigenvalue weighted by atomic mass is 9.75. The molecule has 0 amide bonds. The number of hydrogen-bond acceptors (Lipinski definition) is 4. The van der Waals surface area contributed by atoms with Gasteiger partial charge >= 0.3 is 5.97 Å². The molecule has 5 heteroatoms. The van der Waals surface area contributed by atoms with Crippen LogP contribution in [-0.2, 0) is 19.9 Å². The second kappa shape index (κ2) is 7.93. The molecule has 1 fully saturated rings. The van der Waals surface area contributed by atoms with Gasteiger partial charge in [0.15, 0.2) is 5.78 Å². The van der Waals surface area contributed by atoms with Crippen molar-refractivity contribution in [3.8, 4) is 0 Å². The van der Waals surface area contributed by atoms with Gasteiger partial charge in [-0.1, -0.05) is 36.2 Å². The van der Waals surface area contributed by atoms with E-state index in [2.05, 4.69) is 5.32 Å². The van der Waals surface area contributed by atoms with Crippen LogP contribution in [0.25, 0.3) is 0 Å². The summed E-state index contributed by atoms with van der Waals surface area (Å²) in [5, 5.41) is 3.89. The van der Waals surface area contributed by atoms with Crippen LogP contribution in [-0.4, -0.2) is 24.4 Å². The van der Waals surface area contributed by atoms with E-state index < -0.39 is 5.54 Å². The van der Waals surface area contributed by atoms with Gasteiger partial charge in [-0.2, -0.15) is 0 Å². The van der Waals surface area contributed by atoms with E-state index in [1.165, 1.54) is 0 Å². The molecular weight excluding hydrogens is 314 g/mol. The second-order valence-electron chi connectivity index (χ2n) is 6.23. The smallest absolute Gasteiger partial charge is 0.307 e. The molecule has 1 aliphatic rings. The summed E-state index contributed by atoms with van der Waals surface area (Å²) in [5.74, 6) is -0.112. The van der Waals surface area contributed by atoms with Crippen LogP contribution in [0.2, 0.25) is 5.02 Å². The average molecular weight is 338 g/mol. The maximum absolute atomic E-state index is 12.7. The van der Waals surface area contributed by atoms with E-state index in [1.807, 2.05) is 32.0 Å². The Morgan fingerprint density at radius 3 is 2.74 bits per heavy atom. The Morgan fingerprint density at radius 2 is 2.09 bits per heavy atom. The summed E-state index contributed by atoms with van der Waals surface area (Å²) in [4.78, 5) is 24.4. The Hall–Kier alpha value is -1.39. The molecule has 1 aromatic rings. The fraction of sp³-hybridized carbons (Fsp3) is 0.556. The molecule has 0 aliphatic heterocycles. The molecule has 23 heavy (non-hydrogen) atoms. The number of ether oxygens (including phenoxy) is 1. The van der Waals surface area contributed by atoms with Crippen LogP contribution < -0.4 is 5.32 Å². The predicted molar refractivity (Wildman–Crippen MR) is 90.5 cm³/mol. The van der Waals surface area contributed by atoms with Crippen LogP contribution in [0.5, 0.6) is 0 Å².